The second kappa shape index (κ2) is 52.1. The molecule has 6 aliphatic carbocycles. The van der Waals surface area contributed by atoms with Gasteiger partial charge in [0.05, 0.1) is 0 Å². The molecule has 0 nitrogen and oxygen atoms in total. The van der Waals surface area contributed by atoms with Crippen molar-refractivity contribution in [3.63, 3.8) is 0 Å². The predicted octanol–water partition coefficient (Wildman–Crippen LogP) is 35.6. The molecule has 6 aromatic rings. The Kier molecular flexibility index (Phi) is 43.9. The minimum absolute atomic E-state index is 0.135. The summed E-state index contributed by atoms with van der Waals surface area (Å²) in [6.45, 7) is 22.4. The topological polar surface area (TPSA) is 0 Å². The second-order valence-corrected chi connectivity index (χ2v) is 36.9. The van der Waals surface area contributed by atoms with Crippen molar-refractivity contribution in [2.24, 2.45) is 35.5 Å². The molecule has 117 heavy (non-hydrogen) atoms. The molecule has 0 bridgehead atoms. The molecule has 12 heteroatoms. The van der Waals surface area contributed by atoms with Crippen molar-refractivity contribution in [3.8, 4) is 0 Å². The third-order valence-corrected chi connectivity index (χ3v) is 28.4. The summed E-state index contributed by atoms with van der Waals surface area (Å²) in [6, 6.07) is 18.5. The summed E-state index contributed by atoms with van der Waals surface area (Å²) in [4.78, 5) is 0. The largest absolute Gasteiger partial charge is 0.207 e. The standard InChI is InChI=1S/C20H30F2.C19H28F2.C18H26F2.C17H24F2.C16H22F2.C15H20F2/c1-3-4-5-6-7-8-16-9-11-17(12-10-16)18-13-19(21)15(2)20(22)14-18;1-3-4-5-6-7-15-8-10-16(11-9-15)17-12-18(20)14(2)19(21)13-17;1-3-4-5-6-14-7-9-15(10-8-14)16-11-17(19)13(2)18(20)12-16;1-3-4-5-13-6-8-14(9-7-13)15-10-16(18)12(2)17(19)11-15;1-3-4-12-5-7-13(8-6-12)14-9-15(17)11(2)16(18)10-14;1-3-11-4-6-12(7-5-11)13-8-14(16)10(2)15(17)9-13/h13-14,16-17H,3-12H2,1-2H3;12-13,15-16H,3-11H2,1-2H3;11-12,14-15H,3-10H2,1-2H3;10-11,13-14H,3-9H2,1-2H3;9-10,12-13H,3-8H2,1-2H3;8-9,11-12H,3-7H2,1-2H3. The van der Waals surface area contributed by atoms with Gasteiger partial charge in [0.2, 0.25) is 0 Å². The zero-order valence-electron chi connectivity index (χ0n) is 74.2. The van der Waals surface area contributed by atoms with E-state index in [1.54, 1.807) is 36.4 Å². The highest BCUT2D eigenvalue weighted by atomic mass is 19.2. The average Bonchev–Trinajstić information content (AvgIpc) is 0.855. The van der Waals surface area contributed by atoms with Crippen molar-refractivity contribution in [2.45, 2.75) is 408 Å². The van der Waals surface area contributed by atoms with Gasteiger partial charge < -0.3 is 0 Å². The molecule has 654 valence electrons. The van der Waals surface area contributed by atoms with Crippen molar-refractivity contribution >= 4 is 0 Å². The summed E-state index contributed by atoms with van der Waals surface area (Å²) < 4.78 is 163. The van der Waals surface area contributed by atoms with Gasteiger partial charge in [-0.15, -0.1) is 0 Å². The molecule has 6 fully saturated rings. The lowest BCUT2D eigenvalue weighted by molar-refractivity contribution is 0.301. The van der Waals surface area contributed by atoms with Crippen molar-refractivity contribution in [1.82, 2.24) is 0 Å². The van der Waals surface area contributed by atoms with Crippen LogP contribution in [-0.2, 0) is 0 Å². The summed E-state index contributed by atoms with van der Waals surface area (Å²) >= 11 is 0. The Morgan fingerprint density at radius 1 is 0.179 bits per heavy atom. The van der Waals surface area contributed by atoms with E-state index in [9.17, 15) is 52.7 Å². The first kappa shape index (κ1) is 98.6. The molecule has 0 radical (unpaired) electrons. The molecular weight excluding hydrogens is 1490 g/mol. The molecule has 0 amide bonds. The molecule has 0 N–H and O–H groups in total. The van der Waals surface area contributed by atoms with Gasteiger partial charge in [0.25, 0.3) is 0 Å². The Balaban J connectivity index is 0.000000194. The third-order valence-electron chi connectivity index (χ3n) is 28.4. The van der Waals surface area contributed by atoms with Gasteiger partial charge >= 0.3 is 0 Å². The molecule has 0 atom stereocenters. The molecule has 6 aromatic carbocycles. The molecule has 0 heterocycles. The number of benzene rings is 6. The summed E-state index contributed by atoms with van der Waals surface area (Å²) in [5.41, 5.74) is 5.98. The van der Waals surface area contributed by atoms with E-state index in [2.05, 4.69) is 41.5 Å². The Bertz CT molecular complexity index is 3690. The van der Waals surface area contributed by atoms with Crippen LogP contribution < -0.4 is 0 Å². The third kappa shape index (κ3) is 32.0. The fourth-order valence-electron chi connectivity index (χ4n) is 19.7. The Hall–Kier alpha value is -5.52. The second-order valence-electron chi connectivity index (χ2n) is 36.9. The van der Waals surface area contributed by atoms with Crippen LogP contribution in [0.25, 0.3) is 0 Å². The quantitative estimate of drug-likeness (QED) is 0.0356. The maximum Gasteiger partial charge on any atom is 0.129 e. The Labute approximate surface area is 701 Å². The number of rotatable bonds is 27. The molecule has 0 spiro atoms. The normalized spacial score (nSPS) is 23.3. The fraction of sp³-hybridized carbons (Fsp3) is 0.657. The summed E-state index contributed by atoms with van der Waals surface area (Å²) in [5.74, 6) is 2.26. The van der Waals surface area contributed by atoms with Gasteiger partial charge in [0.1, 0.15) is 69.8 Å². The van der Waals surface area contributed by atoms with E-state index in [1.807, 2.05) is 0 Å². The zero-order valence-corrected chi connectivity index (χ0v) is 74.2. The molecule has 0 aromatic heterocycles. The summed E-state index contributed by atoms with van der Waals surface area (Å²) in [6.07, 6.45) is 55.1. The first-order chi connectivity index (χ1) is 56.2. The first-order valence-electron chi connectivity index (χ1n) is 46.9. The summed E-state index contributed by atoms with van der Waals surface area (Å²) in [7, 11) is 0. The number of hydrogen-bond acceptors (Lipinski definition) is 0. The molecule has 12 rings (SSSR count). The highest BCUT2D eigenvalue weighted by Crippen LogP contribution is 2.45. The lowest BCUT2D eigenvalue weighted by Gasteiger charge is -2.29. The van der Waals surface area contributed by atoms with Crippen LogP contribution in [0.4, 0.5) is 52.7 Å². The van der Waals surface area contributed by atoms with Crippen molar-refractivity contribution < 1.29 is 52.7 Å². The summed E-state index contributed by atoms with van der Waals surface area (Å²) in [5, 5.41) is 0. The molecule has 0 unspecified atom stereocenters. The van der Waals surface area contributed by atoms with Crippen molar-refractivity contribution in [2.75, 3.05) is 0 Å². The van der Waals surface area contributed by atoms with Gasteiger partial charge in [-0.25, -0.2) is 52.7 Å². The van der Waals surface area contributed by atoms with Crippen LogP contribution in [0.5, 0.6) is 0 Å². The molecule has 0 aliphatic heterocycles. The van der Waals surface area contributed by atoms with Gasteiger partial charge in [-0.2, -0.15) is 0 Å². The molecule has 6 aliphatic rings. The van der Waals surface area contributed by atoms with E-state index in [4.69, 9.17) is 0 Å². The van der Waals surface area contributed by atoms with Gasteiger partial charge in [0.15, 0.2) is 0 Å². The van der Waals surface area contributed by atoms with Crippen LogP contribution in [0, 0.1) is 147 Å². The monoisotopic (exact) mass is 1640 g/mol. The van der Waals surface area contributed by atoms with E-state index in [0.29, 0.717) is 35.5 Å². The molecule has 0 saturated heterocycles. The van der Waals surface area contributed by atoms with Crippen LogP contribution in [-0.4, -0.2) is 0 Å². The van der Waals surface area contributed by atoms with Crippen LogP contribution in [0.3, 0.4) is 0 Å². The zero-order chi connectivity index (χ0) is 85.1. The first-order valence-corrected chi connectivity index (χ1v) is 46.9. The van der Waals surface area contributed by atoms with Gasteiger partial charge in [0, 0.05) is 33.4 Å². The van der Waals surface area contributed by atoms with E-state index in [1.165, 1.54) is 290 Å². The lowest BCUT2D eigenvalue weighted by atomic mass is 9.77. The highest BCUT2D eigenvalue weighted by molar-refractivity contribution is 5.33. The van der Waals surface area contributed by atoms with Crippen molar-refractivity contribution in [3.05, 3.63) is 209 Å². The lowest BCUT2D eigenvalue weighted by Crippen LogP contribution is -2.14. The number of halogens is 12. The van der Waals surface area contributed by atoms with Crippen LogP contribution in [0.15, 0.2) is 72.8 Å². The minimum Gasteiger partial charge on any atom is -0.207 e. The van der Waals surface area contributed by atoms with E-state index in [-0.39, 0.29) is 33.4 Å². The van der Waals surface area contributed by atoms with E-state index in [0.717, 1.165) is 146 Å². The van der Waals surface area contributed by atoms with Crippen LogP contribution in [0.1, 0.15) is 433 Å². The Morgan fingerprint density at radius 3 is 0.521 bits per heavy atom. The average molecular weight is 1640 g/mol. The Morgan fingerprint density at radius 2 is 0.333 bits per heavy atom. The highest BCUT2D eigenvalue weighted by Gasteiger charge is 2.30. The predicted molar refractivity (Wildman–Crippen MR) is 466 cm³/mol. The molecular formula is C105H150F12. The van der Waals surface area contributed by atoms with E-state index < -0.39 is 69.8 Å². The maximum atomic E-state index is 13.7. The molecule has 6 saturated carbocycles. The fourth-order valence-corrected chi connectivity index (χ4v) is 19.7. The van der Waals surface area contributed by atoms with Gasteiger partial charge in [-0.3, -0.25) is 0 Å². The van der Waals surface area contributed by atoms with Crippen LogP contribution in [0.2, 0.25) is 0 Å². The van der Waals surface area contributed by atoms with E-state index >= 15 is 0 Å². The SMILES string of the molecule is CCC1CCC(c2cc(F)c(C)c(F)c2)CC1.CCCC1CCC(c2cc(F)c(C)c(F)c2)CC1.CCCCC1CCC(c2cc(F)c(C)c(F)c2)CC1.CCCCCC1CCC(c2cc(F)c(C)c(F)c2)CC1.CCCCCCC1CCC(c2cc(F)c(C)c(F)c2)CC1.CCCCCCCC1CCC(c2cc(F)c(C)c(F)c2)CC1. The van der Waals surface area contributed by atoms with Crippen molar-refractivity contribution in [1.29, 1.82) is 0 Å². The van der Waals surface area contributed by atoms with Crippen LogP contribution >= 0.6 is 0 Å². The smallest absolute Gasteiger partial charge is 0.129 e. The maximum absolute atomic E-state index is 13.7. The van der Waals surface area contributed by atoms with Gasteiger partial charge in [-0.05, 0) is 373 Å². The minimum atomic E-state index is -0.405. The van der Waals surface area contributed by atoms with Gasteiger partial charge in [-0.1, -0.05) is 176 Å². The number of hydrogen-bond donors (Lipinski definition) is 0. The number of unbranched alkanes of at least 4 members (excludes halogenated alkanes) is 10.